The molecule has 0 saturated heterocycles. The van der Waals surface area contributed by atoms with Crippen molar-refractivity contribution in [2.75, 3.05) is 31.6 Å². The summed E-state index contributed by atoms with van der Waals surface area (Å²) in [6, 6.07) is 5.58. The molecule has 33 heavy (non-hydrogen) atoms. The lowest BCUT2D eigenvalue weighted by Gasteiger charge is -2.05. The highest BCUT2D eigenvalue weighted by Crippen LogP contribution is 2.27. The number of pyridine rings is 1. The van der Waals surface area contributed by atoms with E-state index in [2.05, 4.69) is 42.8 Å². The van der Waals surface area contributed by atoms with E-state index in [1.807, 2.05) is 18.2 Å². The maximum absolute atomic E-state index is 12.9. The Labute approximate surface area is 195 Å². The summed E-state index contributed by atoms with van der Waals surface area (Å²) in [5.41, 5.74) is 3.01. The number of anilines is 1. The molecule has 0 aliphatic rings. The molecule has 4 rings (SSSR count). The van der Waals surface area contributed by atoms with Crippen LogP contribution in [0.2, 0.25) is 0 Å². The number of rotatable bonds is 12. The first-order valence-corrected chi connectivity index (χ1v) is 11.7. The molecule has 4 aromatic heterocycles. The Morgan fingerprint density at radius 3 is 3.00 bits per heavy atom. The zero-order valence-corrected chi connectivity index (χ0v) is 19.1. The van der Waals surface area contributed by atoms with Crippen molar-refractivity contribution in [3.63, 3.8) is 0 Å². The smallest absolute Gasteiger partial charge is 0.275 e. The first kappa shape index (κ1) is 22.8. The van der Waals surface area contributed by atoms with E-state index in [1.54, 1.807) is 34.8 Å². The third-order valence-electron chi connectivity index (χ3n) is 4.71. The van der Waals surface area contributed by atoms with Crippen LogP contribution in [0.1, 0.15) is 23.8 Å². The summed E-state index contributed by atoms with van der Waals surface area (Å²) in [7, 11) is 0. The van der Waals surface area contributed by atoms with Crippen molar-refractivity contribution >= 4 is 22.9 Å². The molecule has 0 aliphatic heterocycles. The number of carbonyl (C=O) groups is 1. The van der Waals surface area contributed by atoms with Crippen molar-refractivity contribution < 1.29 is 9.53 Å². The average molecular weight is 467 g/mol. The highest BCUT2D eigenvalue weighted by atomic mass is 32.1. The molecular formula is C22H26N8O2S. The van der Waals surface area contributed by atoms with E-state index >= 15 is 0 Å². The van der Waals surface area contributed by atoms with Gasteiger partial charge in [0.15, 0.2) is 0 Å². The lowest BCUT2D eigenvalue weighted by atomic mass is 10.2. The third-order valence-corrected chi connectivity index (χ3v) is 5.61. The van der Waals surface area contributed by atoms with E-state index in [0.29, 0.717) is 42.5 Å². The van der Waals surface area contributed by atoms with Gasteiger partial charge in [0.2, 0.25) is 0 Å². The second-order valence-corrected chi connectivity index (χ2v) is 8.07. The number of nitrogens with zero attached hydrogens (tertiary/aromatic N) is 5. The molecule has 4 heterocycles. The lowest BCUT2D eigenvalue weighted by Crippen LogP contribution is -2.21. The Bertz CT molecular complexity index is 1140. The van der Waals surface area contributed by atoms with Gasteiger partial charge in [0, 0.05) is 36.1 Å². The first-order chi connectivity index (χ1) is 16.2. The quantitative estimate of drug-likeness (QED) is 0.274. The van der Waals surface area contributed by atoms with Crippen LogP contribution in [-0.4, -0.2) is 62.2 Å². The predicted octanol–water partition coefficient (Wildman–Crippen LogP) is 3.06. The van der Waals surface area contributed by atoms with Crippen LogP contribution in [0.3, 0.4) is 0 Å². The molecule has 0 atom stereocenters. The largest absolute Gasteiger partial charge is 0.378 e. The molecule has 0 aromatic carbocycles. The molecule has 0 aliphatic carbocycles. The Hall–Kier alpha value is -3.41. The average Bonchev–Trinajstić information content (AvgIpc) is 3.59. The van der Waals surface area contributed by atoms with E-state index < -0.39 is 0 Å². The molecule has 172 valence electrons. The zero-order valence-electron chi connectivity index (χ0n) is 18.3. The Morgan fingerprint density at radius 1 is 1.27 bits per heavy atom. The van der Waals surface area contributed by atoms with Crippen LogP contribution in [0.5, 0.6) is 0 Å². The number of amides is 1. The maximum atomic E-state index is 12.9. The minimum absolute atomic E-state index is 0.309. The summed E-state index contributed by atoms with van der Waals surface area (Å²) in [4.78, 5) is 21.7. The molecule has 0 spiro atoms. The van der Waals surface area contributed by atoms with Crippen LogP contribution < -0.4 is 10.6 Å². The van der Waals surface area contributed by atoms with E-state index in [-0.39, 0.29) is 5.91 Å². The lowest BCUT2D eigenvalue weighted by molar-refractivity contribution is 0.102. The fraction of sp³-hybridized carbons (Fsp3) is 0.318. The third kappa shape index (κ3) is 6.09. The summed E-state index contributed by atoms with van der Waals surface area (Å²) < 4.78 is 7.45. The fourth-order valence-electron chi connectivity index (χ4n) is 3.09. The number of hydrogen-bond donors (Lipinski definition) is 3. The SMILES string of the molecule is CCCNCCOCCn1cc(NC(=O)c2csc(-c3cn[nH]c3)n2)c(-c2ccccn2)n1. The highest BCUT2D eigenvalue weighted by Gasteiger charge is 2.18. The molecule has 0 radical (unpaired) electrons. The van der Waals surface area contributed by atoms with Gasteiger partial charge in [0.05, 0.1) is 37.3 Å². The number of aromatic nitrogens is 6. The zero-order chi connectivity index (χ0) is 22.9. The van der Waals surface area contributed by atoms with Crippen LogP contribution in [-0.2, 0) is 11.3 Å². The maximum Gasteiger partial charge on any atom is 0.275 e. The van der Waals surface area contributed by atoms with Gasteiger partial charge in [0.25, 0.3) is 5.91 Å². The van der Waals surface area contributed by atoms with Crippen molar-refractivity contribution in [1.82, 2.24) is 35.3 Å². The number of carbonyl (C=O) groups excluding carboxylic acids is 1. The molecule has 0 bridgehead atoms. The van der Waals surface area contributed by atoms with Crippen molar-refractivity contribution in [1.29, 1.82) is 0 Å². The highest BCUT2D eigenvalue weighted by molar-refractivity contribution is 7.13. The van der Waals surface area contributed by atoms with Crippen molar-refractivity contribution in [2.24, 2.45) is 0 Å². The van der Waals surface area contributed by atoms with Gasteiger partial charge in [-0.2, -0.15) is 10.2 Å². The number of aromatic amines is 1. The second kappa shape index (κ2) is 11.5. The van der Waals surface area contributed by atoms with Gasteiger partial charge in [-0.25, -0.2) is 4.98 Å². The Kier molecular flexibility index (Phi) is 7.90. The summed E-state index contributed by atoms with van der Waals surface area (Å²) in [6.07, 6.45) is 8.01. The van der Waals surface area contributed by atoms with E-state index in [4.69, 9.17) is 4.74 Å². The van der Waals surface area contributed by atoms with Crippen LogP contribution in [0.4, 0.5) is 5.69 Å². The molecular weight excluding hydrogens is 440 g/mol. The molecule has 3 N–H and O–H groups in total. The standard InChI is InChI=1S/C22H26N8O2S/c1-2-6-23-8-10-32-11-9-30-14-18(20(29-30)17-5-3-4-7-24-17)27-21(31)19-15-33-22(28-19)16-12-25-26-13-16/h3-5,7,12-15,23H,2,6,8-11H2,1H3,(H,25,26)(H,27,31). The van der Waals surface area contributed by atoms with Crippen molar-refractivity contribution in [2.45, 2.75) is 19.9 Å². The first-order valence-electron chi connectivity index (χ1n) is 10.8. The second-order valence-electron chi connectivity index (χ2n) is 7.21. The van der Waals surface area contributed by atoms with E-state index in [1.165, 1.54) is 11.3 Å². The molecule has 4 aromatic rings. The van der Waals surface area contributed by atoms with E-state index in [0.717, 1.165) is 30.1 Å². The Balaban J connectivity index is 1.44. The molecule has 0 fully saturated rings. The summed E-state index contributed by atoms with van der Waals surface area (Å²) in [5, 5.41) is 20.0. The summed E-state index contributed by atoms with van der Waals surface area (Å²) >= 11 is 1.39. The number of hydrogen-bond acceptors (Lipinski definition) is 8. The van der Waals surface area contributed by atoms with Crippen molar-refractivity contribution in [3.05, 3.63) is 54.1 Å². The van der Waals surface area contributed by atoms with Gasteiger partial charge in [-0.15, -0.1) is 11.3 Å². The molecule has 0 saturated carbocycles. The topological polar surface area (TPSA) is 123 Å². The number of nitrogens with one attached hydrogen (secondary N) is 3. The molecule has 0 unspecified atom stereocenters. The fourth-order valence-corrected chi connectivity index (χ4v) is 3.87. The van der Waals surface area contributed by atoms with Gasteiger partial charge >= 0.3 is 0 Å². The monoisotopic (exact) mass is 466 g/mol. The van der Waals surface area contributed by atoms with Gasteiger partial charge in [0.1, 0.15) is 16.4 Å². The van der Waals surface area contributed by atoms with Crippen LogP contribution >= 0.6 is 11.3 Å². The van der Waals surface area contributed by atoms with Crippen LogP contribution in [0, 0.1) is 0 Å². The normalized spacial score (nSPS) is 11.1. The minimum Gasteiger partial charge on any atom is -0.378 e. The molecule has 11 heteroatoms. The number of thiazole rings is 1. The van der Waals surface area contributed by atoms with Gasteiger partial charge in [-0.1, -0.05) is 13.0 Å². The number of ether oxygens (including phenoxy) is 1. The van der Waals surface area contributed by atoms with Gasteiger partial charge < -0.3 is 15.4 Å². The molecule has 1 amide bonds. The van der Waals surface area contributed by atoms with Crippen molar-refractivity contribution in [3.8, 4) is 22.0 Å². The van der Waals surface area contributed by atoms with Crippen LogP contribution in [0.15, 0.2) is 48.4 Å². The Morgan fingerprint density at radius 2 is 2.21 bits per heavy atom. The van der Waals surface area contributed by atoms with Gasteiger partial charge in [-0.05, 0) is 25.1 Å². The van der Waals surface area contributed by atoms with E-state index in [9.17, 15) is 4.79 Å². The van der Waals surface area contributed by atoms with Gasteiger partial charge in [-0.3, -0.25) is 19.6 Å². The van der Waals surface area contributed by atoms with Crippen LogP contribution in [0.25, 0.3) is 22.0 Å². The number of H-pyrrole nitrogens is 1. The molecule has 10 nitrogen and oxygen atoms in total. The summed E-state index contributed by atoms with van der Waals surface area (Å²) in [6.45, 7) is 5.66. The predicted molar refractivity (Wildman–Crippen MR) is 127 cm³/mol. The minimum atomic E-state index is -0.309. The summed E-state index contributed by atoms with van der Waals surface area (Å²) in [5.74, 6) is -0.309.